The highest BCUT2D eigenvalue weighted by Crippen LogP contribution is 2.05. The van der Waals surface area contributed by atoms with Crippen molar-refractivity contribution >= 4 is 11.7 Å². The average molecular weight is 299 g/mol. The minimum absolute atomic E-state index is 0.212. The lowest BCUT2D eigenvalue weighted by Crippen LogP contribution is -2.24. The molecule has 0 bridgehead atoms. The molecule has 0 aliphatic heterocycles. The van der Waals surface area contributed by atoms with Crippen molar-refractivity contribution in [2.24, 2.45) is 0 Å². The largest absolute Gasteiger partial charge is 0.370 e. The van der Waals surface area contributed by atoms with E-state index in [9.17, 15) is 4.79 Å². The van der Waals surface area contributed by atoms with Gasteiger partial charge < -0.3 is 10.6 Å². The first kappa shape index (κ1) is 15.9. The molecule has 0 aliphatic carbocycles. The molecule has 0 saturated heterocycles. The van der Waals surface area contributed by atoms with Crippen LogP contribution in [0.2, 0.25) is 0 Å². The van der Waals surface area contributed by atoms with Crippen LogP contribution in [0, 0.1) is 0 Å². The Hall–Kier alpha value is -2.50. The maximum absolute atomic E-state index is 12.1. The number of anilines is 1. The first-order valence-electron chi connectivity index (χ1n) is 7.52. The molecule has 0 unspecified atom stereocenters. The monoisotopic (exact) mass is 299 g/mol. The van der Waals surface area contributed by atoms with Crippen molar-refractivity contribution in [3.05, 3.63) is 48.2 Å². The van der Waals surface area contributed by atoms with Crippen molar-refractivity contribution in [3.8, 4) is 0 Å². The molecular formula is C16H21N5O. The number of amides is 1. The minimum atomic E-state index is -0.212. The van der Waals surface area contributed by atoms with E-state index in [4.69, 9.17) is 0 Å². The molecule has 0 aromatic carbocycles. The van der Waals surface area contributed by atoms with Crippen molar-refractivity contribution in [1.82, 2.24) is 20.3 Å². The maximum atomic E-state index is 12.1. The zero-order valence-corrected chi connectivity index (χ0v) is 12.7. The highest BCUT2D eigenvalue weighted by molar-refractivity contribution is 5.92. The molecule has 0 spiro atoms. The maximum Gasteiger partial charge on any atom is 0.270 e. The van der Waals surface area contributed by atoms with Crippen LogP contribution in [0.3, 0.4) is 0 Å². The van der Waals surface area contributed by atoms with Gasteiger partial charge in [-0.25, -0.2) is 9.97 Å². The van der Waals surface area contributed by atoms with E-state index >= 15 is 0 Å². The molecule has 6 heteroatoms. The van der Waals surface area contributed by atoms with Crippen molar-refractivity contribution in [1.29, 1.82) is 0 Å². The van der Waals surface area contributed by atoms with Crippen LogP contribution in [0.5, 0.6) is 0 Å². The van der Waals surface area contributed by atoms with Gasteiger partial charge in [-0.15, -0.1) is 0 Å². The predicted molar refractivity (Wildman–Crippen MR) is 85.5 cm³/mol. The SMILES string of the molecule is CCCCCNc1cc(C(=O)NCc2ccncc2)ncn1. The zero-order valence-electron chi connectivity index (χ0n) is 12.7. The number of hydrogen-bond acceptors (Lipinski definition) is 5. The number of nitrogens with zero attached hydrogens (tertiary/aromatic N) is 3. The third-order valence-electron chi connectivity index (χ3n) is 3.19. The molecule has 1 amide bonds. The summed E-state index contributed by atoms with van der Waals surface area (Å²) in [6.45, 7) is 3.46. The number of unbranched alkanes of at least 4 members (excludes halogenated alkanes) is 2. The van der Waals surface area contributed by atoms with Gasteiger partial charge in [0.2, 0.25) is 0 Å². The van der Waals surface area contributed by atoms with Crippen molar-refractivity contribution in [3.63, 3.8) is 0 Å². The normalized spacial score (nSPS) is 10.2. The Bertz CT molecular complexity index is 588. The fourth-order valence-corrected chi connectivity index (χ4v) is 1.94. The van der Waals surface area contributed by atoms with Crippen LogP contribution < -0.4 is 10.6 Å². The van der Waals surface area contributed by atoms with Gasteiger partial charge in [0.15, 0.2) is 0 Å². The summed E-state index contributed by atoms with van der Waals surface area (Å²) < 4.78 is 0. The fourth-order valence-electron chi connectivity index (χ4n) is 1.94. The summed E-state index contributed by atoms with van der Waals surface area (Å²) in [7, 11) is 0. The summed E-state index contributed by atoms with van der Waals surface area (Å²) >= 11 is 0. The van der Waals surface area contributed by atoms with Crippen molar-refractivity contribution < 1.29 is 4.79 Å². The smallest absolute Gasteiger partial charge is 0.270 e. The highest BCUT2D eigenvalue weighted by Gasteiger charge is 2.08. The van der Waals surface area contributed by atoms with Gasteiger partial charge >= 0.3 is 0 Å². The summed E-state index contributed by atoms with van der Waals surface area (Å²) in [5, 5.41) is 6.04. The number of carbonyl (C=O) groups is 1. The van der Waals surface area contributed by atoms with E-state index < -0.39 is 0 Å². The Morgan fingerprint density at radius 1 is 1.18 bits per heavy atom. The molecule has 2 heterocycles. The minimum Gasteiger partial charge on any atom is -0.370 e. The molecule has 0 atom stereocenters. The summed E-state index contributed by atoms with van der Waals surface area (Å²) in [4.78, 5) is 24.2. The zero-order chi connectivity index (χ0) is 15.6. The molecule has 6 nitrogen and oxygen atoms in total. The number of pyridine rings is 1. The van der Waals surface area contributed by atoms with Crippen LogP contribution in [-0.2, 0) is 6.54 Å². The fraction of sp³-hybridized carbons (Fsp3) is 0.375. The lowest BCUT2D eigenvalue weighted by Gasteiger charge is -2.07. The number of aromatic nitrogens is 3. The van der Waals surface area contributed by atoms with E-state index in [0.717, 1.165) is 18.5 Å². The first-order valence-corrected chi connectivity index (χ1v) is 7.52. The van der Waals surface area contributed by atoms with Crippen molar-refractivity contribution in [2.45, 2.75) is 32.7 Å². The van der Waals surface area contributed by atoms with Gasteiger partial charge in [0, 0.05) is 31.5 Å². The Labute approximate surface area is 130 Å². The average Bonchev–Trinajstić information content (AvgIpc) is 2.58. The quantitative estimate of drug-likeness (QED) is 0.732. The number of rotatable bonds is 8. The molecule has 0 radical (unpaired) electrons. The Kier molecular flexibility index (Phi) is 6.29. The summed E-state index contributed by atoms with van der Waals surface area (Å²) in [6, 6.07) is 5.40. The summed E-state index contributed by atoms with van der Waals surface area (Å²) in [5.41, 5.74) is 1.36. The molecule has 0 aliphatic rings. The van der Waals surface area contributed by atoms with Gasteiger partial charge in [-0.2, -0.15) is 0 Å². The van der Waals surface area contributed by atoms with Crippen LogP contribution in [-0.4, -0.2) is 27.4 Å². The van der Waals surface area contributed by atoms with Crippen LogP contribution in [0.4, 0.5) is 5.82 Å². The second-order valence-electron chi connectivity index (χ2n) is 4.96. The third-order valence-corrected chi connectivity index (χ3v) is 3.19. The summed E-state index contributed by atoms with van der Waals surface area (Å²) in [5.74, 6) is 0.469. The number of nitrogens with one attached hydrogen (secondary N) is 2. The number of hydrogen-bond donors (Lipinski definition) is 2. The topological polar surface area (TPSA) is 79.8 Å². The number of carbonyl (C=O) groups excluding carboxylic acids is 1. The summed E-state index contributed by atoms with van der Waals surface area (Å²) in [6.07, 6.45) is 8.24. The van der Waals surface area contributed by atoms with E-state index in [0.29, 0.717) is 18.1 Å². The molecule has 116 valence electrons. The third kappa shape index (κ3) is 5.12. The van der Waals surface area contributed by atoms with Crippen LogP contribution in [0.1, 0.15) is 42.2 Å². The molecule has 22 heavy (non-hydrogen) atoms. The van der Waals surface area contributed by atoms with Crippen LogP contribution in [0.25, 0.3) is 0 Å². The molecule has 2 rings (SSSR count). The molecule has 2 aromatic rings. The van der Waals surface area contributed by atoms with E-state index in [-0.39, 0.29) is 5.91 Å². The predicted octanol–water partition coefficient (Wildman–Crippen LogP) is 2.40. The van der Waals surface area contributed by atoms with Gasteiger partial charge in [0.25, 0.3) is 5.91 Å². The molecule has 2 N–H and O–H groups in total. The Morgan fingerprint density at radius 2 is 2.00 bits per heavy atom. The lowest BCUT2D eigenvalue weighted by atomic mass is 10.2. The van der Waals surface area contributed by atoms with Gasteiger partial charge in [0.1, 0.15) is 17.8 Å². The van der Waals surface area contributed by atoms with E-state index in [2.05, 4.69) is 32.5 Å². The van der Waals surface area contributed by atoms with Crippen molar-refractivity contribution in [2.75, 3.05) is 11.9 Å². The first-order chi connectivity index (χ1) is 10.8. The van der Waals surface area contributed by atoms with E-state index in [1.807, 2.05) is 12.1 Å². The van der Waals surface area contributed by atoms with Gasteiger partial charge in [-0.3, -0.25) is 9.78 Å². The standard InChI is InChI=1S/C16H21N5O/c1-2-3-4-7-18-15-10-14(20-12-21-15)16(22)19-11-13-5-8-17-9-6-13/h5-6,8-10,12H,2-4,7,11H2,1H3,(H,19,22)(H,18,20,21). The van der Waals surface area contributed by atoms with E-state index in [1.54, 1.807) is 18.5 Å². The Balaban J connectivity index is 1.86. The molecular weight excluding hydrogens is 278 g/mol. The highest BCUT2D eigenvalue weighted by atomic mass is 16.1. The van der Waals surface area contributed by atoms with Crippen LogP contribution >= 0.6 is 0 Å². The second kappa shape index (κ2) is 8.71. The van der Waals surface area contributed by atoms with Gasteiger partial charge in [-0.1, -0.05) is 19.8 Å². The molecule has 0 fully saturated rings. The van der Waals surface area contributed by atoms with Gasteiger partial charge in [0.05, 0.1) is 0 Å². The lowest BCUT2D eigenvalue weighted by molar-refractivity contribution is 0.0946. The molecule has 2 aromatic heterocycles. The molecule has 0 saturated carbocycles. The van der Waals surface area contributed by atoms with Crippen LogP contribution in [0.15, 0.2) is 36.9 Å². The van der Waals surface area contributed by atoms with E-state index in [1.165, 1.54) is 19.2 Å². The van der Waals surface area contributed by atoms with Gasteiger partial charge in [-0.05, 0) is 24.1 Å². The Morgan fingerprint density at radius 3 is 2.77 bits per heavy atom. The second-order valence-corrected chi connectivity index (χ2v) is 4.96.